The number of rotatable bonds is 2. The van der Waals surface area contributed by atoms with Crippen LogP contribution in [0.2, 0.25) is 0 Å². The molecule has 0 amide bonds. The lowest BCUT2D eigenvalue weighted by Crippen LogP contribution is -2.03. The summed E-state index contributed by atoms with van der Waals surface area (Å²) in [6.07, 6.45) is 0. The highest BCUT2D eigenvalue weighted by Crippen LogP contribution is 1.54. The van der Waals surface area contributed by atoms with Gasteiger partial charge < -0.3 is 9.59 Å². The highest BCUT2D eigenvalue weighted by atomic mass is 24.5. The Morgan fingerprint density at radius 3 is 2.33 bits per heavy atom. The fourth-order valence-corrected chi connectivity index (χ4v) is 0.352. The van der Waals surface area contributed by atoms with Crippen LogP contribution >= 0.6 is 0 Å². The molecular weight excluding hydrogens is 92.3 g/mol. The predicted octanol–water partition coefficient (Wildman–Crippen LogP) is -0.573. The first kappa shape index (κ1) is 6.11. The largest absolute Gasteiger partial charge is 0.560 e. The molecule has 0 saturated heterocycles. The molecule has 2 nitrogen and oxygen atoms in total. The Balaban J connectivity index is 3.05. The lowest BCUT2D eigenvalue weighted by Gasteiger charge is -1.67. The van der Waals surface area contributed by atoms with Crippen LogP contribution in [0.1, 0.15) is 6.92 Å². The van der Waals surface area contributed by atoms with Crippen LogP contribution in [0.3, 0.4) is 0 Å². The summed E-state index contributed by atoms with van der Waals surface area (Å²) in [5.74, 6) is 0. The van der Waals surface area contributed by atoms with Gasteiger partial charge in [0.1, 0.15) is 0 Å². The first-order valence-electron chi connectivity index (χ1n) is 1.70. The standard InChI is InChI=1S/C2H3O.CHO.Mg/c1-2-3;1-2;/h1H3;1H;. The van der Waals surface area contributed by atoms with Crippen LogP contribution in [0.25, 0.3) is 0 Å². The normalized spacial score (nSPS) is 6.17. The van der Waals surface area contributed by atoms with Crippen molar-refractivity contribution in [3.05, 3.63) is 0 Å². The molecule has 0 bridgehead atoms. The Morgan fingerprint density at radius 1 is 1.83 bits per heavy atom. The van der Waals surface area contributed by atoms with Gasteiger partial charge in [0, 0.05) is 3.91 Å². The number of carbonyl (C=O) groups is 2. The molecule has 0 saturated carbocycles. The molecule has 0 aromatic carbocycles. The van der Waals surface area contributed by atoms with Crippen molar-refractivity contribution < 1.29 is 9.59 Å². The Bertz CT molecular complexity index is 69.2. The van der Waals surface area contributed by atoms with Gasteiger partial charge in [-0.05, 0) is 11.3 Å². The molecule has 0 rings (SSSR count). The van der Waals surface area contributed by atoms with E-state index in [1.165, 1.54) is 6.92 Å². The molecule has 0 heterocycles. The van der Waals surface area contributed by atoms with Crippen LogP contribution in [-0.2, 0) is 9.59 Å². The van der Waals surface area contributed by atoms with Crippen molar-refractivity contribution >= 4 is 28.7 Å². The molecule has 0 aromatic heterocycles. The third-order valence-corrected chi connectivity index (χ3v) is 1.11. The topological polar surface area (TPSA) is 34.1 Å². The maximum atomic E-state index is 9.87. The zero-order chi connectivity index (χ0) is 4.99. The van der Waals surface area contributed by atoms with Gasteiger partial charge in [0.2, 0.25) is 0 Å². The Kier molecular flexibility index (Phi) is 3.36. The maximum absolute atomic E-state index is 9.87. The van der Waals surface area contributed by atoms with Crippen molar-refractivity contribution in [2.45, 2.75) is 6.92 Å². The minimum Gasteiger partial charge on any atom is -0.339 e. The molecule has 30 valence electrons. The summed E-state index contributed by atoms with van der Waals surface area (Å²) < 4.78 is 0.799. The van der Waals surface area contributed by atoms with Crippen LogP contribution in [0, 0.1) is 0 Å². The Hall–Kier alpha value is 0.106. The number of hydrogen-bond donors (Lipinski definition) is 0. The van der Waals surface area contributed by atoms with Crippen LogP contribution in [-0.4, -0.2) is 28.7 Å². The van der Waals surface area contributed by atoms with Crippen molar-refractivity contribution in [1.29, 1.82) is 0 Å². The second-order valence-electron chi connectivity index (χ2n) is 1.07. The molecule has 3 heteroatoms. The zero-order valence-corrected chi connectivity index (χ0v) is 5.02. The lowest BCUT2D eigenvalue weighted by molar-refractivity contribution is -0.110. The van der Waals surface area contributed by atoms with Gasteiger partial charge in [0.15, 0.2) is 0 Å². The van der Waals surface area contributed by atoms with E-state index < -0.39 is 20.4 Å². The van der Waals surface area contributed by atoms with Crippen LogP contribution in [0.4, 0.5) is 0 Å². The van der Waals surface area contributed by atoms with Gasteiger partial charge in [-0.25, -0.2) is 0 Å². The van der Waals surface area contributed by atoms with Gasteiger partial charge in [-0.3, -0.25) is 0 Å². The highest BCUT2D eigenvalue weighted by molar-refractivity contribution is 6.92. The molecular formula is C3H4MgO2. The summed E-state index contributed by atoms with van der Waals surface area (Å²) in [5.41, 5.74) is 0. The van der Waals surface area contributed by atoms with Crippen molar-refractivity contribution in [3.63, 3.8) is 0 Å². The van der Waals surface area contributed by atoms with Gasteiger partial charge >= 0.3 is 20.4 Å². The highest BCUT2D eigenvalue weighted by Gasteiger charge is 1.95. The molecule has 0 aliphatic carbocycles. The fourth-order valence-electron chi connectivity index (χ4n) is 0.117. The summed E-state index contributed by atoms with van der Waals surface area (Å²) in [7, 11) is 0. The molecule has 0 aliphatic heterocycles. The Morgan fingerprint density at radius 2 is 2.33 bits per heavy atom. The van der Waals surface area contributed by atoms with E-state index in [1.54, 1.807) is 0 Å². The number of carbonyl (C=O) groups excluding carboxylic acids is 2. The minimum absolute atomic E-state index is 0.0602. The van der Waals surface area contributed by atoms with Crippen LogP contribution in [0.5, 0.6) is 0 Å². The average Bonchev–Trinajstić information content (AvgIpc) is 1.35. The molecule has 6 heavy (non-hydrogen) atoms. The quantitative estimate of drug-likeness (QED) is 0.341. The first-order chi connectivity index (χ1) is 2.77. The van der Waals surface area contributed by atoms with Gasteiger partial charge in [-0.15, -0.1) is 0 Å². The summed E-state index contributed by atoms with van der Waals surface area (Å²) >= 11 is -0.963. The SMILES string of the molecule is C[C](=O)[Mg][CH]=O. The first-order valence-corrected chi connectivity index (χ1v) is 3.23. The predicted molar refractivity (Wildman–Crippen MR) is 23.2 cm³/mol. The van der Waals surface area contributed by atoms with Crippen molar-refractivity contribution in [3.8, 4) is 0 Å². The minimum atomic E-state index is -0.963. The van der Waals surface area contributed by atoms with Gasteiger partial charge in [0.25, 0.3) is 0 Å². The summed E-state index contributed by atoms with van der Waals surface area (Å²) in [6, 6.07) is 0. The molecule has 0 aromatic rings. The van der Waals surface area contributed by atoms with E-state index >= 15 is 0 Å². The average molecular weight is 96.4 g/mol. The van der Waals surface area contributed by atoms with Gasteiger partial charge in [0.05, 0.1) is 0 Å². The maximum Gasteiger partial charge on any atom is 0.560 e. The Labute approximate surface area is 45.6 Å². The third kappa shape index (κ3) is 4.11. The number of hydrogen-bond acceptors (Lipinski definition) is 2. The monoisotopic (exact) mass is 96.0 g/mol. The van der Waals surface area contributed by atoms with E-state index in [0.29, 0.717) is 0 Å². The lowest BCUT2D eigenvalue weighted by atomic mass is 10.9. The summed E-state index contributed by atoms with van der Waals surface area (Å²) in [5, 5.41) is 0. The summed E-state index contributed by atoms with van der Waals surface area (Å²) in [6.45, 7) is 1.45. The van der Waals surface area contributed by atoms with E-state index in [-0.39, 0.29) is 3.91 Å². The molecule has 0 unspecified atom stereocenters. The van der Waals surface area contributed by atoms with E-state index in [1.807, 2.05) is 0 Å². The third-order valence-electron chi connectivity index (χ3n) is 0.371. The fraction of sp³-hybridized carbons (Fsp3) is 0.333. The van der Waals surface area contributed by atoms with Crippen molar-refractivity contribution in [1.82, 2.24) is 0 Å². The van der Waals surface area contributed by atoms with Gasteiger partial charge in [-0.2, -0.15) is 0 Å². The summed E-state index contributed by atoms with van der Waals surface area (Å²) in [4.78, 5) is 19.3. The smallest absolute Gasteiger partial charge is 0.339 e. The van der Waals surface area contributed by atoms with Gasteiger partial charge in [-0.1, -0.05) is 0 Å². The molecule has 0 N–H and O–H groups in total. The molecule has 0 fully saturated rings. The van der Waals surface area contributed by atoms with Crippen LogP contribution in [0.15, 0.2) is 0 Å². The second-order valence-corrected chi connectivity index (χ2v) is 2.81. The zero-order valence-electron chi connectivity index (χ0n) is 3.60. The van der Waals surface area contributed by atoms with E-state index in [4.69, 9.17) is 0 Å². The second kappa shape index (κ2) is 3.30. The van der Waals surface area contributed by atoms with Crippen molar-refractivity contribution in [2.75, 3.05) is 0 Å². The molecule has 0 aliphatic rings. The van der Waals surface area contributed by atoms with E-state index in [0.717, 1.165) is 4.42 Å². The molecule has 0 radical (unpaired) electrons. The molecule has 0 spiro atoms. The molecule has 0 atom stereocenters. The van der Waals surface area contributed by atoms with Crippen molar-refractivity contribution in [2.24, 2.45) is 0 Å². The van der Waals surface area contributed by atoms with E-state index in [9.17, 15) is 9.59 Å². The van der Waals surface area contributed by atoms with E-state index in [2.05, 4.69) is 0 Å². The van der Waals surface area contributed by atoms with Crippen LogP contribution < -0.4 is 0 Å².